The van der Waals surface area contributed by atoms with E-state index in [-0.39, 0.29) is 17.4 Å². The number of rotatable bonds is 3. The second-order valence-electron chi connectivity index (χ2n) is 8.55. The lowest BCUT2D eigenvalue weighted by molar-refractivity contribution is 0.0702. The number of aryl methyl sites for hydroxylation is 3. The molecule has 0 spiro atoms. The van der Waals surface area contributed by atoms with Crippen molar-refractivity contribution in [2.45, 2.75) is 26.7 Å². The molecule has 1 aromatic heterocycles. The lowest BCUT2D eigenvalue weighted by Crippen LogP contribution is -2.21. The number of hydrogen-bond acceptors (Lipinski definition) is 6. The van der Waals surface area contributed by atoms with E-state index in [1.807, 2.05) is 51.1 Å². The molecular formula is C28H21BrN2O4. The van der Waals surface area contributed by atoms with Crippen molar-refractivity contribution in [1.29, 1.82) is 5.26 Å². The molecule has 5 rings (SSSR count). The fourth-order valence-corrected chi connectivity index (χ4v) is 5.18. The van der Waals surface area contributed by atoms with Gasteiger partial charge >= 0.3 is 5.97 Å². The van der Waals surface area contributed by atoms with Crippen molar-refractivity contribution in [1.82, 2.24) is 0 Å². The minimum Gasteiger partial charge on any atom is -0.449 e. The number of fused-ring (bicyclic) bond motifs is 2. The van der Waals surface area contributed by atoms with E-state index in [1.54, 1.807) is 18.2 Å². The first-order valence-corrected chi connectivity index (χ1v) is 11.8. The Balaban J connectivity index is 1.51. The predicted octanol–water partition coefficient (Wildman–Crippen LogP) is 6.56. The van der Waals surface area contributed by atoms with E-state index in [0.29, 0.717) is 16.9 Å². The molecule has 35 heavy (non-hydrogen) atoms. The third-order valence-electron chi connectivity index (χ3n) is 6.17. The van der Waals surface area contributed by atoms with Gasteiger partial charge in [0.2, 0.25) is 11.6 Å². The Hall–Kier alpha value is -4.02. The standard InChI is InChI=1S/C28H21BrN2O4/c1-14-10-15(2)24-16(3)26(34-23(24)11-14)28(32)33-17-8-9-19-22(12-17)35-27(31)20(13-30)25(19)18-6-4-5-7-21(18)29/h4-12,25H,31H2,1-3H3. The summed E-state index contributed by atoms with van der Waals surface area (Å²) in [7, 11) is 0. The quantitative estimate of drug-likeness (QED) is 0.239. The van der Waals surface area contributed by atoms with Crippen molar-refractivity contribution in [3.8, 4) is 17.6 Å². The van der Waals surface area contributed by atoms with Crippen molar-refractivity contribution in [2.24, 2.45) is 5.73 Å². The van der Waals surface area contributed by atoms with Crippen LogP contribution in [0.25, 0.3) is 11.0 Å². The number of halogens is 1. The third kappa shape index (κ3) is 3.86. The highest BCUT2D eigenvalue weighted by Crippen LogP contribution is 2.45. The van der Waals surface area contributed by atoms with Crippen LogP contribution in [0.2, 0.25) is 0 Å². The van der Waals surface area contributed by atoms with Crippen molar-refractivity contribution in [2.75, 3.05) is 0 Å². The molecule has 0 fully saturated rings. The zero-order chi connectivity index (χ0) is 24.9. The normalized spacial score (nSPS) is 14.9. The Kier molecular flexibility index (Phi) is 5.62. The molecule has 4 aromatic rings. The van der Waals surface area contributed by atoms with E-state index in [0.717, 1.165) is 37.7 Å². The van der Waals surface area contributed by atoms with E-state index in [2.05, 4.69) is 28.1 Å². The fraction of sp³-hybridized carbons (Fsp3) is 0.143. The number of esters is 1. The molecule has 0 radical (unpaired) electrons. The molecule has 0 bridgehead atoms. The molecule has 2 N–H and O–H groups in total. The van der Waals surface area contributed by atoms with E-state index < -0.39 is 11.9 Å². The van der Waals surface area contributed by atoms with Gasteiger partial charge in [0.15, 0.2) is 0 Å². The minimum atomic E-state index is -0.602. The number of ether oxygens (including phenoxy) is 2. The molecule has 0 saturated carbocycles. The number of nitriles is 1. The van der Waals surface area contributed by atoms with E-state index in [9.17, 15) is 10.1 Å². The van der Waals surface area contributed by atoms with Crippen LogP contribution in [0.1, 0.15) is 44.3 Å². The lowest BCUT2D eigenvalue weighted by atomic mass is 9.83. The first-order valence-electron chi connectivity index (χ1n) is 11.0. The number of allylic oxidation sites excluding steroid dienone is 1. The van der Waals surface area contributed by atoms with Crippen LogP contribution in [0.3, 0.4) is 0 Å². The maximum absolute atomic E-state index is 13.0. The maximum Gasteiger partial charge on any atom is 0.379 e. The zero-order valence-corrected chi connectivity index (χ0v) is 20.9. The first-order chi connectivity index (χ1) is 16.8. The summed E-state index contributed by atoms with van der Waals surface area (Å²) in [4.78, 5) is 13.0. The van der Waals surface area contributed by atoms with Crippen LogP contribution in [-0.2, 0) is 0 Å². The van der Waals surface area contributed by atoms with Gasteiger partial charge in [0.25, 0.3) is 0 Å². The number of nitrogens with two attached hydrogens (primary N) is 1. The Morgan fingerprint density at radius 1 is 1.09 bits per heavy atom. The van der Waals surface area contributed by atoms with Gasteiger partial charge in [-0.3, -0.25) is 0 Å². The zero-order valence-electron chi connectivity index (χ0n) is 19.3. The molecule has 7 heteroatoms. The maximum atomic E-state index is 13.0. The van der Waals surface area contributed by atoms with Crippen LogP contribution < -0.4 is 15.2 Å². The average molecular weight is 529 g/mol. The van der Waals surface area contributed by atoms with Crippen LogP contribution in [0.4, 0.5) is 0 Å². The predicted molar refractivity (Wildman–Crippen MR) is 135 cm³/mol. The summed E-state index contributed by atoms with van der Waals surface area (Å²) in [6.07, 6.45) is 0. The molecule has 0 amide bonds. The van der Waals surface area contributed by atoms with Gasteiger partial charge in [0.05, 0.1) is 5.92 Å². The molecule has 3 aromatic carbocycles. The van der Waals surface area contributed by atoms with Crippen LogP contribution in [-0.4, -0.2) is 5.97 Å². The van der Waals surface area contributed by atoms with E-state index in [4.69, 9.17) is 19.6 Å². The Morgan fingerprint density at radius 2 is 1.86 bits per heavy atom. The van der Waals surface area contributed by atoms with Gasteiger partial charge in [-0.1, -0.05) is 46.3 Å². The SMILES string of the molecule is Cc1cc(C)c2c(C)c(C(=O)Oc3ccc4c(c3)OC(N)=C(C#N)C4c3ccccc3Br)oc2c1. The number of nitrogens with zero attached hydrogens (tertiary/aromatic N) is 1. The van der Waals surface area contributed by atoms with Gasteiger partial charge in [-0.25, -0.2) is 4.79 Å². The monoisotopic (exact) mass is 528 g/mol. The van der Waals surface area contributed by atoms with Gasteiger partial charge in [0, 0.05) is 27.1 Å². The van der Waals surface area contributed by atoms with Gasteiger partial charge in [0.1, 0.15) is 28.7 Å². The highest BCUT2D eigenvalue weighted by Gasteiger charge is 2.32. The lowest BCUT2D eigenvalue weighted by Gasteiger charge is -2.27. The van der Waals surface area contributed by atoms with Gasteiger partial charge < -0.3 is 19.6 Å². The summed E-state index contributed by atoms with van der Waals surface area (Å²) in [6, 6.07) is 18.8. The van der Waals surface area contributed by atoms with E-state index >= 15 is 0 Å². The highest BCUT2D eigenvalue weighted by molar-refractivity contribution is 9.10. The Bertz CT molecular complexity index is 1590. The molecule has 1 atom stereocenters. The highest BCUT2D eigenvalue weighted by atomic mass is 79.9. The number of carbonyl (C=O) groups is 1. The molecule has 1 unspecified atom stereocenters. The van der Waals surface area contributed by atoms with Gasteiger partial charge in [-0.15, -0.1) is 0 Å². The minimum absolute atomic E-state index is 0.0169. The number of carbonyl (C=O) groups excluding carboxylic acids is 1. The van der Waals surface area contributed by atoms with Crippen LogP contribution in [0.5, 0.6) is 11.5 Å². The smallest absolute Gasteiger partial charge is 0.379 e. The molecule has 0 aliphatic carbocycles. The molecular weight excluding hydrogens is 508 g/mol. The van der Waals surface area contributed by atoms with Crippen molar-refractivity contribution in [3.05, 3.63) is 104 Å². The molecule has 2 heterocycles. The second kappa shape index (κ2) is 8.64. The average Bonchev–Trinajstić information content (AvgIpc) is 3.15. The Morgan fingerprint density at radius 3 is 2.60 bits per heavy atom. The van der Waals surface area contributed by atoms with Gasteiger partial charge in [-0.05, 0) is 55.7 Å². The van der Waals surface area contributed by atoms with Crippen molar-refractivity contribution < 1.29 is 18.7 Å². The summed E-state index contributed by atoms with van der Waals surface area (Å²) in [5, 5.41) is 10.7. The summed E-state index contributed by atoms with van der Waals surface area (Å²) in [5.41, 5.74) is 11.5. The largest absolute Gasteiger partial charge is 0.449 e. The van der Waals surface area contributed by atoms with Crippen LogP contribution in [0.15, 0.2) is 74.9 Å². The topological polar surface area (TPSA) is 98.5 Å². The van der Waals surface area contributed by atoms with Crippen LogP contribution >= 0.6 is 15.9 Å². The molecule has 1 aliphatic rings. The van der Waals surface area contributed by atoms with Crippen LogP contribution in [0, 0.1) is 32.1 Å². The summed E-state index contributed by atoms with van der Waals surface area (Å²) in [6.45, 7) is 5.81. The van der Waals surface area contributed by atoms with Gasteiger partial charge in [-0.2, -0.15) is 5.26 Å². The number of hydrogen-bond donors (Lipinski definition) is 1. The summed E-state index contributed by atoms with van der Waals surface area (Å²) >= 11 is 3.57. The van der Waals surface area contributed by atoms with Crippen molar-refractivity contribution >= 4 is 32.9 Å². The van der Waals surface area contributed by atoms with E-state index in [1.165, 1.54) is 0 Å². The second-order valence-corrected chi connectivity index (χ2v) is 9.40. The first kappa shape index (κ1) is 22.8. The fourth-order valence-electron chi connectivity index (χ4n) is 4.67. The number of furan rings is 1. The summed E-state index contributed by atoms with van der Waals surface area (Å²) < 4.78 is 18.1. The van der Waals surface area contributed by atoms with Crippen molar-refractivity contribution in [3.63, 3.8) is 0 Å². The Labute approximate surface area is 210 Å². The summed E-state index contributed by atoms with van der Waals surface area (Å²) in [5.74, 6) is -0.156. The molecule has 6 nitrogen and oxygen atoms in total. The molecule has 0 saturated heterocycles. The molecule has 174 valence electrons. The third-order valence-corrected chi connectivity index (χ3v) is 6.90. The number of benzene rings is 3. The molecule has 1 aliphatic heterocycles.